The highest BCUT2D eigenvalue weighted by Crippen LogP contribution is 2.28. The number of hydrogen-bond donors (Lipinski definition) is 1. The van der Waals surface area contributed by atoms with Crippen molar-refractivity contribution < 1.29 is 4.39 Å². The largest absolute Gasteiger partial charge is 0.326 e. The van der Waals surface area contributed by atoms with Gasteiger partial charge in [-0.05, 0) is 34.0 Å². The molecule has 0 aliphatic heterocycles. The van der Waals surface area contributed by atoms with Crippen LogP contribution in [0.5, 0.6) is 0 Å². The summed E-state index contributed by atoms with van der Waals surface area (Å²) in [6.45, 7) is 0.364. The molecule has 0 amide bonds. The molecule has 0 saturated carbocycles. The Kier molecular flexibility index (Phi) is 2.61. The molecule has 1 nitrogen and oxygen atoms in total. The summed E-state index contributed by atoms with van der Waals surface area (Å²) >= 11 is 1.55. The zero-order valence-corrected chi connectivity index (χ0v) is 8.35. The van der Waals surface area contributed by atoms with Crippen molar-refractivity contribution in [2.75, 3.05) is 0 Å². The van der Waals surface area contributed by atoms with E-state index in [4.69, 9.17) is 5.73 Å². The molecule has 14 heavy (non-hydrogen) atoms. The molecule has 2 aromatic rings. The second-order valence-corrected chi connectivity index (χ2v) is 3.77. The Labute approximate surface area is 86.0 Å². The van der Waals surface area contributed by atoms with E-state index in [1.54, 1.807) is 17.4 Å². The fraction of sp³-hybridized carbons (Fsp3) is 0.0909. The first-order chi connectivity index (χ1) is 6.83. The van der Waals surface area contributed by atoms with Crippen molar-refractivity contribution >= 4 is 11.3 Å². The van der Waals surface area contributed by atoms with Gasteiger partial charge in [0, 0.05) is 12.1 Å². The van der Waals surface area contributed by atoms with Crippen LogP contribution in [0.4, 0.5) is 4.39 Å². The molecule has 2 rings (SSSR count). The molecular formula is C11H10FNS. The third kappa shape index (κ3) is 1.56. The van der Waals surface area contributed by atoms with E-state index in [1.807, 2.05) is 22.9 Å². The lowest BCUT2D eigenvalue weighted by Gasteiger charge is -2.06. The van der Waals surface area contributed by atoms with E-state index in [0.717, 1.165) is 11.1 Å². The van der Waals surface area contributed by atoms with Gasteiger partial charge in [0.05, 0.1) is 0 Å². The Morgan fingerprint density at radius 2 is 2.14 bits per heavy atom. The summed E-state index contributed by atoms with van der Waals surface area (Å²) < 4.78 is 13.5. The maximum absolute atomic E-state index is 13.5. The van der Waals surface area contributed by atoms with Gasteiger partial charge in [-0.1, -0.05) is 12.1 Å². The maximum atomic E-state index is 13.5. The number of benzene rings is 1. The second-order valence-electron chi connectivity index (χ2n) is 2.99. The summed E-state index contributed by atoms with van der Waals surface area (Å²) in [6, 6.07) is 6.91. The zero-order valence-electron chi connectivity index (χ0n) is 7.53. The Hall–Kier alpha value is -1.19. The van der Waals surface area contributed by atoms with Crippen LogP contribution in [-0.4, -0.2) is 0 Å². The van der Waals surface area contributed by atoms with Gasteiger partial charge in [0.15, 0.2) is 0 Å². The third-order valence-electron chi connectivity index (χ3n) is 2.13. The van der Waals surface area contributed by atoms with Crippen LogP contribution < -0.4 is 5.73 Å². The van der Waals surface area contributed by atoms with Crippen LogP contribution in [-0.2, 0) is 6.54 Å². The Morgan fingerprint density at radius 3 is 2.79 bits per heavy atom. The van der Waals surface area contributed by atoms with E-state index in [2.05, 4.69) is 0 Å². The summed E-state index contributed by atoms with van der Waals surface area (Å²) in [4.78, 5) is 0. The molecule has 1 aromatic carbocycles. The number of thiophene rings is 1. The third-order valence-corrected chi connectivity index (χ3v) is 2.81. The quantitative estimate of drug-likeness (QED) is 0.804. The maximum Gasteiger partial charge on any atom is 0.131 e. The fourth-order valence-electron chi connectivity index (χ4n) is 1.47. The number of halogens is 1. The molecular weight excluding hydrogens is 197 g/mol. The smallest absolute Gasteiger partial charge is 0.131 e. The Morgan fingerprint density at radius 1 is 1.29 bits per heavy atom. The lowest BCUT2D eigenvalue weighted by atomic mass is 10.0. The molecule has 1 heterocycles. The van der Waals surface area contributed by atoms with Crippen molar-refractivity contribution in [3.63, 3.8) is 0 Å². The summed E-state index contributed by atoms with van der Waals surface area (Å²) in [5.41, 5.74) is 7.96. The van der Waals surface area contributed by atoms with E-state index in [1.165, 1.54) is 6.07 Å². The Balaban J connectivity index is 2.61. The lowest BCUT2D eigenvalue weighted by molar-refractivity contribution is 0.629. The van der Waals surface area contributed by atoms with Gasteiger partial charge in [0.1, 0.15) is 5.82 Å². The van der Waals surface area contributed by atoms with Crippen molar-refractivity contribution in [3.8, 4) is 11.1 Å². The van der Waals surface area contributed by atoms with E-state index < -0.39 is 0 Å². The molecule has 2 N–H and O–H groups in total. The summed E-state index contributed by atoms with van der Waals surface area (Å²) in [5, 5.41) is 3.86. The predicted molar refractivity (Wildman–Crippen MR) is 57.6 cm³/mol. The molecule has 1 aromatic heterocycles. The van der Waals surface area contributed by atoms with Gasteiger partial charge in [0.25, 0.3) is 0 Å². The molecule has 0 fully saturated rings. The number of rotatable bonds is 2. The van der Waals surface area contributed by atoms with Gasteiger partial charge < -0.3 is 5.73 Å². The number of hydrogen-bond acceptors (Lipinski definition) is 2. The monoisotopic (exact) mass is 207 g/mol. The van der Waals surface area contributed by atoms with Gasteiger partial charge in [-0.2, -0.15) is 11.3 Å². The van der Waals surface area contributed by atoms with Crippen molar-refractivity contribution in [3.05, 3.63) is 46.4 Å². The van der Waals surface area contributed by atoms with Crippen LogP contribution in [0, 0.1) is 5.82 Å². The first-order valence-electron chi connectivity index (χ1n) is 4.33. The predicted octanol–water partition coefficient (Wildman–Crippen LogP) is 3.01. The van der Waals surface area contributed by atoms with Crippen LogP contribution in [0.1, 0.15) is 5.56 Å². The summed E-state index contributed by atoms with van der Waals surface area (Å²) in [7, 11) is 0. The fourth-order valence-corrected chi connectivity index (χ4v) is 2.12. The first kappa shape index (κ1) is 9.37. The van der Waals surface area contributed by atoms with E-state index in [-0.39, 0.29) is 5.82 Å². The van der Waals surface area contributed by atoms with Gasteiger partial charge in [0.2, 0.25) is 0 Å². The minimum atomic E-state index is -0.202. The highest BCUT2D eigenvalue weighted by atomic mass is 32.1. The van der Waals surface area contributed by atoms with Crippen LogP contribution in [0.25, 0.3) is 11.1 Å². The minimum Gasteiger partial charge on any atom is -0.326 e. The van der Waals surface area contributed by atoms with Crippen LogP contribution in [0.3, 0.4) is 0 Å². The normalized spacial score (nSPS) is 10.4. The SMILES string of the molecule is NCc1cccc(F)c1-c1ccsc1. The molecule has 72 valence electrons. The molecule has 3 heteroatoms. The Bertz CT molecular complexity index is 423. The van der Waals surface area contributed by atoms with Crippen molar-refractivity contribution in [2.24, 2.45) is 5.73 Å². The first-order valence-corrected chi connectivity index (χ1v) is 5.27. The summed E-state index contributed by atoms with van der Waals surface area (Å²) in [6.07, 6.45) is 0. The molecule has 0 saturated heterocycles. The van der Waals surface area contributed by atoms with Crippen molar-refractivity contribution in [2.45, 2.75) is 6.54 Å². The van der Waals surface area contributed by atoms with Crippen LogP contribution >= 0.6 is 11.3 Å². The van der Waals surface area contributed by atoms with E-state index in [0.29, 0.717) is 12.1 Å². The van der Waals surface area contributed by atoms with E-state index >= 15 is 0 Å². The highest BCUT2D eigenvalue weighted by molar-refractivity contribution is 7.08. The van der Waals surface area contributed by atoms with Crippen LogP contribution in [0.15, 0.2) is 35.0 Å². The molecule has 0 atom stereocenters. The molecule has 0 aliphatic rings. The summed E-state index contributed by atoms with van der Waals surface area (Å²) in [5.74, 6) is -0.202. The zero-order chi connectivity index (χ0) is 9.97. The van der Waals surface area contributed by atoms with Gasteiger partial charge in [-0.3, -0.25) is 0 Å². The minimum absolute atomic E-state index is 0.202. The average Bonchev–Trinajstić information content (AvgIpc) is 2.70. The highest BCUT2D eigenvalue weighted by Gasteiger charge is 2.09. The van der Waals surface area contributed by atoms with Gasteiger partial charge >= 0.3 is 0 Å². The molecule has 0 spiro atoms. The molecule has 0 radical (unpaired) electrons. The topological polar surface area (TPSA) is 26.0 Å². The van der Waals surface area contributed by atoms with Crippen molar-refractivity contribution in [1.82, 2.24) is 0 Å². The molecule has 0 unspecified atom stereocenters. The molecule has 0 aliphatic carbocycles. The molecule has 0 bridgehead atoms. The van der Waals surface area contributed by atoms with Crippen molar-refractivity contribution in [1.29, 1.82) is 0 Å². The standard InChI is InChI=1S/C11H10FNS/c12-10-3-1-2-8(6-13)11(10)9-4-5-14-7-9/h1-5,7H,6,13H2. The lowest BCUT2D eigenvalue weighted by Crippen LogP contribution is -2.00. The van der Waals surface area contributed by atoms with E-state index in [9.17, 15) is 4.39 Å². The number of nitrogens with two attached hydrogens (primary N) is 1. The average molecular weight is 207 g/mol. The van der Waals surface area contributed by atoms with Gasteiger partial charge in [-0.25, -0.2) is 4.39 Å². The van der Waals surface area contributed by atoms with Gasteiger partial charge in [-0.15, -0.1) is 0 Å². The van der Waals surface area contributed by atoms with Crippen LogP contribution in [0.2, 0.25) is 0 Å². The second kappa shape index (κ2) is 3.90.